The molecule has 2 aromatic rings. The smallest absolute Gasteiger partial charge is 0.269 e. The lowest BCUT2D eigenvalue weighted by atomic mass is 9.71. The van der Waals surface area contributed by atoms with Gasteiger partial charge in [0.15, 0.2) is 0 Å². The van der Waals surface area contributed by atoms with Crippen molar-refractivity contribution in [3.63, 3.8) is 0 Å². The number of carbonyl (C=O) groups is 1. The van der Waals surface area contributed by atoms with Crippen LogP contribution >= 0.6 is 0 Å². The zero-order valence-corrected chi connectivity index (χ0v) is 16.9. The highest BCUT2D eigenvalue weighted by Crippen LogP contribution is 2.49. The SMILES string of the molecule is CC(C)(CNC(=O)c1ccc(F)cc1)C1Nc2ccc([N+](=O)[O-])cc2C2OCCC21. The molecule has 0 aromatic heterocycles. The van der Waals surface area contributed by atoms with E-state index in [-0.39, 0.29) is 40.9 Å². The molecule has 4 rings (SSSR count). The number of nitrogens with one attached hydrogen (secondary N) is 2. The van der Waals surface area contributed by atoms with Crippen LogP contribution in [-0.4, -0.2) is 30.0 Å². The highest BCUT2D eigenvalue weighted by molar-refractivity contribution is 5.94. The lowest BCUT2D eigenvalue weighted by Crippen LogP contribution is -2.51. The second-order valence-corrected chi connectivity index (χ2v) is 8.57. The molecular formula is C22H24FN3O4. The number of anilines is 1. The number of carbonyl (C=O) groups excluding carboxylic acids is 1. The molecule has 8 heteroatoms. The van der Waals surface area contributed by atoms with Crippen LogP contribution in [0.15, 0.2) is 42.5 Å². The first kappa shape index (κ1) is 20.3. The second kappa shape index (κ2) is 7.68. The average molecular weight is 413 g/mol. The third-order valence-corrected chi connectivity index (χ3v) is 6.08. The topological polar surface area (TPSA) is 93.5 Å². The summed E-state index contributed by atoms with van der Waals surface area (Å²) in [5.41, 5.74) is 1.77. The number of amides is 1. The molecule has 7 nitrogen and oxygen atoms in total. The molecular weight excluding hydrogens is 389 g/mol. The molecule has 1 fully saturated rings. The maximum Gasteiger partial charge on any atom is 0.269 e. The van der Waals surface area contributed by atoms with Crippen molar-refractivity contribution in [1.29, 1.82) is 0 Å². The van der Waals surface area contributed by atoms with Crippen LogP contribution in [0.4, 0.5) is 15.8 Å². The molecule has 0 radical (unpaired) electrons. The summed E-state index contributed by atoms with van der Waals surface area (Å²) in [4.78, 5) is 23.2. The fourth-order valence-corrected chi connectivity index (χ4v) is 4.47. The van der Waals surface area contributed by atoms with E-state index in [1.165, 1.54) is 30.3 Å². The van der Waals surface area contributed by atoms with Crippen LogP contribution in [0, 0.1) is 27.3 Å². The van der Waals surface area contributed by atoms with Crippen molar-refractivity contribution in [2.75, 3.05) is 18.5 Å². The van der Waals surface area contributed by atoms with Crippen LogP contribution in [0.3, 0.4) is 0 Å². The molecule has 0 aliphatic carbocycles. The molecule has 2 aliphatic rings. The standard InChI is InChI=1S/C22H24FN3O4/c1-22(2,12-24-21(27)13-3-5-14(23)6-4-13)20-16-9-10-30-19(16)17-11-15(26(28)29)7-8-18(17)25-20/h3-8,11,16,19-20,25H,9-10,12H2,1-2H3,(H,24,27). The van der Waals surface area contributed by atoms with Crippen molar-refractivity contribution in [3.8, 4) is 0 Å². The molecule has 158 valence electrons. The Bertz CT molecular complexity index is 977. The quantitative estimate of drug-likeness (QED) is 0.570. The highest BCUT2D eigenvalue weighted by atomic mass is 19.1. The maximum absolute atomic E-state index is 13.1. The summed E-state index contributed by atoms with van der Waals surface area (Å²) in [5.74, 6) is -0.504. The highest BCUT2D eigenvalue weighted by Gasteiger charge is 2.47. The van der Waals surface area contributed by atoms with E-state index in [1.807, 2.05) is 0 Å². The zero-order valence-electron chi connectivity index (χ0n) is 16.9. The summed E-state index contributed by atoms with van der Waals surface area (Å²) >= 11 is 0. The van der Waals surface area contributed by atoms with Gasteiger partial charge in [-0.25, -0.2) is 4.39 Å². The minimum Gasteiger partial charge on any atom is -0.381 e. The van der Waals surface area contributed by atoms with Crippen molar-refractivity contribution in [2.24, 2.45) is 11.3 Å². The molecule has 2 heterocycles. The first-order valence-corrected chi connectivity index (χ1v) is 9.96. The number of nitro groups is 1. The Labute approximate surface area is 173 Å². The lowest BCUT2D eigenvalue weighted by Gasteiger charge is -2.44. The Morgan fingerprint density at radius 2 is 2.03 bits per heavy atom. The Morgan fingerprint density at radius 1 is 1.30 bits per heavy atom. The van der Waals surface area contributed by atoms with Gasteiger partial charge in [0, 0.05) is 59.5 Å². The first-order valence-electron chi connectivity index (χ1n) is 9.96. The number of hydrogen-bond acceptors (Lipinski definition) is 5. The largest absolute Gasteiger partial charge is 0.381 e. The third-order valence-electron chi connectivity index (χ3n) is 6.08. The summed E-state index contributed by atoms with van der Waals surface area (Å²) in [6.45, 7) is 5.14. The Morgan fingerprint density at radius 3 is 2.73 bits per heavy atom. The summed E-state index contributed by atoms with van der Waals surface area (Å²) < 4.78 is 19.1. The number of nitrogens with zero attached hydrogens (tertiary/aromatic N) is 1. The number of non-ortho nitro benzene ring substituents is 1. The van der Waals surface area contributed by atoms with Gasteiger partial charge in [-0.1, -0.05) is 13.8 Å². The fraction of sp³-hybridized carbons (Fsp3) is 0.409. The van der Waals surface area contributed by atoms with Crippen LogP contribution < -0.4 is 10.6 Å². The number of nitro benzene ring substituents is 1. The van der Waals surface area contributed by atoms with Gasteiger partial charge in [0.25, 0.3) is 11.6 Å². The van der Waals surface area contributed by atoms with Gasteiger partial charge in [0.1, 0.15) is 5.82 Å². The third kappa shape index (κ3) is 3.75. The summed E-state index contributed by atoms with van der Waals surface area (Å²) in [6, 6.07) is 10.3. The lowest BCUT2D eigenvalue weighted by molar-refractivity contribution is -0.385. The van der Waals surface area contributed by atoms with Gasteiger partial charge in [-0.15, -0.1) is 0 Å². The van der Waals surface area contributed by atoms with Gasteiger partial charge < -0.3 is 15.4 Å². The number of hydrogen-bond donors (Lipinski definition) is 2. The molecule has 0 saturated carbocycles. The normalized spacial score (nSPS) is 22.6. The van der Waals surface area contributed by atoms with Gasteiger partial charge in [0.2, 0.25) is 0 Å². The number of ether oxygens (including phenoxy) is 1. The molecule has 3 atom stereocenters. The minimum absolute atomic E-state index is 0.00692. The molecule has 1 amide bonds. The second-order valence-electron chi connectivity index (χ2n) is 8.57. The monoisotopic (exact) mass is 413 g/mol. The van der Waals surface area contributed by atoms with E-state index < -0.39 is 4.92 Å². The van der Waals surface area contributed by atoms with Crippen LogP contribution in [0.5, 0.6) is 0 Å². The van der Waals surface area contributed by atoms with Crippen LogP contribution in [-0.2, 0) is 4.74 Å². The van der Waals surface area contributed by atoms with Crippen molar-refractivity contribution < 1.29 is 18.8 Å². The van der Waals surface area contributed by atoms with E-state index in [4.69, 9.17) is 4.74 Å². The van der Waals surface area contributed by atoms with Crippen LogP contribution in [0.2, 0.25) is 0 Å². The van der Waals surface area contributed by atoms with Crippen molar-refractivity contribution in [2.45, 2.75) is 32.4 Å². The maximum atomic E-state index is 13.1. The van der Waals surface area contributed by atoms with Gasteiger partial charge in [-0.3, -0.25) is 14.9 Å². The van der Waals surface area contributed by atoms with E-state index in [0.29, 0.717) is 18.7 Å². The predicted molar refractivity (Wildman–Crippen MR) is 110 cm³/mol. The van der Waals surface area contributed by atoms with E-state index in [1.54, 1.807) is 12.1 Å². The number of rotatable bonds is 5. The molecule has 0 bridgehead atoms. The summed E-state index contributed by atoms with van der Waals surface area (Å²) in [7, 11) is 0. The van der Waals surface area contributed by atoms with E-state index in [0.717, 1.165) is 17.7 Å². The number of halogens is 1. The molecule has 0 spiro atoms. The van der Waals surface area contributed by atoms with E-state index >= 15 is 0 Å². The molecule has 2 aromatic carbocycles. The Hall–Kier alpha value is -3.00. The molecule has 2 aliphatic heterocycles. The van der Waals surface area contributed by atoms with Gasteiger partial charge in [0.05, 0.1) is 11.0 Å². The predicted octanol–water partition coefficient (Wildman–Crippen LogP) is 4.06. The van der Waals surface area contributed by atoms with Crippen LogP contribution in [0.25, 0.3) is 0 Å². The summed E-state index contributed by atoms with van der Waals surface area (Å²) in [6.07, 6.45) is 0.623. The summed E-state index contributed by atoms with van der Waals surface area (Å²) in [5, 5.41) is 17.7. The fourth-order valence-electron chi connectivity index (χ4n) is 4.47. The molecule has 2 N–H and O–H groups in total. The first-order chi connectivity index (χ1) is 14.3. The Kier molecular flexibility index (Phi) is 5.19. The van der Waals surface area contributed by atoms with Gasteiger partial charge >= 0.3 is 0 Å². The van der Waals surface area contributed by atoms with Crippen molar-refractivity contribution >= 4 is 17.3 Å². The van der Waals surface area contributed by atoms with Crippen molar-refractivity contribution in [3.05, 3.63) is 69.5 Å². The zero-order chi connectivity index (χ0) is 21.5. The van der Waals surface area contributed by atoms with Gasteiger partial charge in [-0.05, 0) is 36.8 Å². The molecule has 30 heavy (non-hydrogen) atoms. The van der Waals surface area contributed by atoms with E-state index in [9.17, 15) is 19.3 Å². The van der Waals surface area contributed by atoms with Crippen molar-refractivity contribution in [1.82, 2.24) is 5.32 Å². The minimum atomic E-state index is -0.398. The number of benzene rings is 2. The molecule has 3 unspecified atom stereocenters. The Balaban J connectivity index is 1.53. The number of fused-ring (bicyclic) bond motifs is 3. The molecule has 1 saturated heterocycles. The van der Waals surface area contributed by atoms with E-state index in [2.05, 4.69) is 24.5 Å². The van der Waals surface area contributed by atoms with Crippen LogP contribution in [0.1, 0.15) is 42.3 Å². The average Bonchev–Trinajstić information content (AvgIpc) is 3.21. The van der Waals surface area contributed by atoms with Gasteiger partial charge in [-0.2, -0.15) is 0 Å².